The molecule has 104 valence electrons. The van der Waals surface area contributed by atoms with Gasteiger partial charge in [-0.3, -0.25) is 4.79 Å². The largest absolute Gasteiger partial charge is 0.368 e. The predicted octanol–water partition coefficient (Wildman–Crippen LogP) is 2.50. The van der Waals surface area contributed by atoms with Gasteiger partial charge in [0, 0.05) is 23.6 Å². The minimum atomic E-state index is -0.303. The summed E-state index contributed by atoms with van der Waals surface area (Å²) >= 11 is 0. The first-order valence-electron chi connectivity index (χ1n) is 6.77. The zero-order chi connectivity index (χ0) is 13.9. The summed E-state index contributed by atoms with van der Waals surface area (Å²) < 4.78 is 5.36. The van der Waals surface area contributed by atoms with Crippen molar-refractivity contribution in [3.05, 3.63) is 36.3 Å². The number of anilines is 1. The summed E-state index contributed by atoms with van der Waals surface area (Å²) in [5.41, 5.74) is 3.77. The zero-order valence-electron chi connectivity index (χ0n) is 11.3. The van der Waals surface area contributed by atoms with Crippen molar-refractivity contribution in [1.82, 2.24) is 9.97 Å². The molecule has 0 spiro atoms. The van der Waals surface area contributed by atoms with E-state index in [1.54, 1.807) is 6.33 Å². The van der Waals surface area contributed by atoms with Crippen molar-refractivity contribution in [1.29, 1.82) is 0 Å². The van der Waals surface area contributed by atoms with Crippen LogP contribution in [0.25, 0.3) is 11.3 Å². The van der Waals surface area contributed by atoms with Gasteiger partial charge in [0.15, 0.2) is 0 Å². The van der Waals surface area contributed by atoms with E-state index in [0.29, 0.717) is 6.61 Å². The highest BCUT2D eigenvalue weighted by molar-refractivity contribution is 5.94. The Labute approximate surface area is 117 Å². The molecule has 1 fully saturated rings. The molecule has 0 aliphatic carbocycles. The molecule has 1 aliphatic heterocycles. The van der Waals surface area contributed by atoms with Gasteiger partial charge >= 0.3 is 0 Å². The molecule has 1 aromatic carbocycles. The fourth-order valence-corrected chi connectivity index (χ4v) is 2.37. The Morgan fingerprint density at radius 2 is 2.20 bits per heavy atom. The van der Waals surface area contributed by atoms with E-state index in [9.17, 15) is 4.79 Å². The summed E-state index contributed by atoms with van der Waals surface area (Å²) in [6, 6.07) is 7.68. The third-order valence-corrected chi connectivity index (χ3v) is 3.48. The van der Waals surface area contributed by atoms with Crippen LogP contribution < -0.4 is 5.32 Å². The molecule has 2 aromatic rings. The van der Waals surface area contributed by atoms with E-state index in [2.05, 4.69) is 15.3 Å². The molecule has 2 heterocycles. The van der Waals surface area contributed by atoms with Gasteiger partial charge in [-0.2, -0.15) is 0 Å². The van der Waals surface area contributed by atoms with Crippen molar-refractivity contribution < 1.29 is 9.53 Å². The lowest BCUT2D eigenvalue weighted by Crippen LogP contribution is -2.26. The van der Waals surface area contributed by atoms with E-state index in [-0.39, 0.29) is 12.0 Å². The Bertz CT molecular complexity index is 598. The van der Waals surface area contributed by atoms with Crippen LogP contribution in [0.2, 0.25) is 0 Å². The number of aromatic nitrogens is 2. The fourth-order valence-electron chi connectivity index (χ4n) is 2.37. The van der Waals surface area contributed by atoms with Gasteiger partial charge in [0.05, 0.1) is 12.0 Å². The molecule has 1 aromatic heterocycles. The van der Waals surface area contributed by atoms with E-state index in [0.717, 1.165) is 35.5 Å². The molecular formula is C15H17N3O2. The highest BCUT2D eigenvalue weighted by Crippen LogP contribution is 2.22. The summed E-state index contributed by atoms with van der Waals surface area (Å²) in [7, 11) is 0. The second kappa shape index (κ2) is 5.46. The quantitative estimate of drug-likeness (QED) is 0.901. The first-order chi connectivity index (χ1) is 9.74. The third kappa shape index (κ3) is 2.58. The second-order valence-electron chi connectivity index (χ2n) is 4.94. The van der Waals surface area contributed by atoms with Gasteiger partial charge in [-0.1, -0.05) is 12.1 Å². The number of H-pyrrole nitrogens is 1. The Morgan fingerprint density at radius 3 is 2.80 bits per heavy atom. The molecule has 1 amide bonds. The maximum Gasteiger partial charge on any atom is 0.253 e. The van der Waals surface area contributed by atoms with E-state index in [1.807, 2.05) is 31.2 Å². The zero-order valence-corrected chi connectivity index (χ0v) is 11.3. The van der Waals surface area contributed by atoms with Crippen molar-refractivity contribution in [2.45, 2.75) is 25.9 Å². The summed E-state index contributed by atoms with van der Waals surface area (Å²) in [4.78, 5) is 19.3. The number of nitrogens with one attached hydrogen (secondary N) is 2. The molecule has 5 nitrogen and oxygen atoms in total. The van der Waals surface area contributed by atoms with Gasteiger partial charge in [-0.05, 0) is 31.9 Å². The normalized spacial score (nSPS) is 18.1. The Balaban J connectivity index is 1.70. The molecular weight excluding hydrogens is 254 g/mol. The van der Waals surface area contributed by atoms with Crippen LogP contribution in [0.15, 0.2) is 30.6 Å². The fraction of sp³-hybridized carbons (Fsp3) is 0.333. The van der Waals surface area contributed by atoms with Crippen LogP contribution in [0.5, 0.6) is 0 Å². The van der Waals surface area contributed by atoms with Crippen LogP contribution in [-0.4, -0.2) is 28.6 Å². The standard InChI is InChI=1S/C15H17N3O2/c1-10-14(17-9-16-10)11-4-6-12(7-5-11)18-15(19)13-3-2-8-20-13/h4-7,9,13H,2-3,8H2,1H3,(H,16,17)(H,18,19). The number of aryl methyl sites for hydroxylation is 1. The molecule has 5 heteroatoms. The van der Waals surface area contributed by atoms with Gasteiger partial charge in [-0.15, -0.1) is 0 Å². The SMILES string of the molecule is Cc1[nH]cnc1-c1ccc(NC(=O)C2CCCO2)cc1. The maximum absolute atomic E-state index is 11.9. The van der Waals surface area contributed by atoms with Crippen molar-refractivity contribution >= 4 is 11.6 Å². The van der Waals surface area contributed by atoms with Gasteiger partial charge in [0.2, 0.25) is 0 Å². The van der Waals surface area contributed by atoms with Crippen molar-refractivity contribution in [3.63, 3.8) is 0 Å². The number of carbonyl (C=O) groups is 1. The monoisotopic (exact) mass is 271 g/mol. The van der Waals surface area contributed by atoms with Gasteiger partial charge in [0.25, 0.3) is 5.91 Å². The Morgan fingerprint density at radius 1 is 1.40 bits per heavy atom. The van der Waals surface area contributed by atoms with Crippen molar-refractivity contribution in [2.75, 3.05) is 11.9 Å². The number of carbonyl (C=O) groups excluding carboxylic acids is 1. The van der Waals surface area contributed by atoms with Crippen LogP contribution in [-0.2, 0) is 9.53 Å². The second-order valence-corrected chi connectivity index (χ2v) is 4.94. The summed E-state index contributed by atoms with van der Waals surface area (Å²) in [6.45, 7) is 2.66. The topological polar surface area (TPSA) is 67.0 Å². The van der Waals surface area contributed by atoms with E-state index in [4.69, 9.17) is 4.74 Å². The smallest absolute Gasteiger partial charge is 0.253 e. The highest BCUT2D eigenvalue weighted by atomic mass is 16.5. The van der Waals surface area contributed by atoms with E-state index in [1.165, 1.54) is 0 Å². The number of hydrogen-bond acceptors (Lipinski definition) is 3. The third-order valence-electron chi connectivity index (χ3n) is 3.48. The minimum absolute atomic E-state index is 0.0637. The average Bonchev–Trinajstić information content (AvgIpc) is 3.11. The molecule has 1 saturated heterocycles. The van der Waals surface area contributed by atoms with Crippen LogP contribution in [0.3, 0.4) is 0 Å². The van der Waals surface area contributed by atoms with Crippen molar-refractivity contribution in [3.8, 4) is 11.3 Å². The first kappa shape index (κ1) is 12.9. The first-order valence-corrected chi connectivity index (χ1v) is 6.77. The summed E-state index contributed by atoms with van der Waals surface area (Å²) in [5.74, 6) is -0.0637. The number of rotatable bonds is 3. The number of imidazole rings is 1. The van der Waals surface area contributed by atoms with E-state index >= 15 is 0 Å². The number of benzene rings is 1. The number of hydrogen-bond donors (Lipinski definition) is 2. The predicted molar refractivity (Wildman–Crippen MR) is 76.4 cm³/mol. The lowest BCUT2D eigenvalue weighted by atomic mass is 10.1. The van der Waals surface area contributed by atoms with Crippen LogP contribution in [0.1, 0.15) is 18.5 Å². The number of nitrogens with zero attached hydrogens (tertiary/aromatic N) is 1. The molecule has 1 atom stereocenters. The van der Waals surface area contributed by atoms with E-state index < -0.39 is 0 Å². The summed E-state index contributed by atoms with van der Waals surface area (Å²) in [6.07, 6.45) is 3.13. The summed E-state index contributed by atoms with van der Waals surface area (Å²) in [5, 5.41) is 2.88. The number of amides is 1. The molecule has 0 radical (unpaired) electrons. The number of aromatic amines is 1. The van der Waals surface area contributed by atoms with Crippen molar-refractivity contribution in [2.24, 2.45) is 0 Å². The molecule has 1 unspecified atom stereocenters. The Kier molecular flexibility index (Phi) is 3.52. The van der Waals surface area contributed by atoms with Crippen LogP contribution in [0, 0.1) is 6.92 Å². The lowest BCUT2D eigenvalue weighted by Gasteiger charge is -2.10. The highest BCUT2D eigenvalue weighted by Gasteiger charge is 2.23. The number of ether oxygens (including phenoxy) is 1. The van der Waals surface area contributed by atoms with Crippen LogP contribution in [0.4, 0.5) is 5.69 Å². The van der Waals surface area contributed by atoms with Gasteiger partial charge in [0.1, 0.15) is 6.10 Å². The molecule has 0 bridgehead atoms. The average molecular weight is 271 g/mol. The molecule has 0 saturated carbocycles. The van der Waals surface area contributed by atoms with Gasteiger partial charge in [-0.25, -0.2) is 4.98 Å². The maximum atomic E-state index is 11.9. The molecule has 3 rings (SSSR count). The minimum Gasteiger partial charge on any atom is -0.368 e. The molecule has 1 aliphatic rings. The van der Waals surface area contributed by atoms with Gasteiger partial charge < -0.3 is 15.0 Å². The molecule has 20 heavy (non-hydrogen) atoms. The molecule has 2 N–H and O–H groups in total. The lowest BCUT2D eigenvalue weighted by molar-refractivity contribution is -0.124. The Hall–Kier alpha value is -2.14. The van der Waals surface area contributed by atoms with Crippen LogP contribution >= 0.6 is 0 Å².